The second-order valence-electron chi connectivity index (χ2n) is 11.0. The first-order valence-electron chi connectivity index (χ1n) is 15.6. The Morgan fingerprint density at radius 2 is 1.51 bits per heavy atom. The SMILES string of the molecule is O=C(/C=C/c1ccc(O)cc1)NCCOCCOCCNC(=O)COC(=O)c1ccccc1-c1c2cc(Cl)c(=O)cc-2oc2cc(O)c(Cl)cc12. The molecule has 0 saturated heterocycles. The molecule has 0 radical (unpaired) electrons. The van der Waals surface area contributed by atoms with Gasteiger partial charge in [-0.1, -0.05) is 53.5 Å². The first kappa shape index (κ1) is 36.9. The number of nitrogens with one attached hydrogen (secondary N) is 2. The number of rotatable bonds is 15. The number of carbonyl (C=O) groups excluding carboxylic acids is 3. The van der Waals surface area contributed by atoms with E-state index < -0.39 is 23.9 Å². The number of halogens is 2. The van der Waals surface area contributed by atoms with E-state index in [4.69, 9.17) is 41.8 Å². The second-order valence-corrected chi connectivity index (χ2v) is 11.8. The summed E-state index contributed by atoms with van der Waals surface area (Å²) in [5.74, 6) is -1.51. The van der Waals surface area contributed by atoms with Gasteiger partial charge in [0.05, 0.1) is 42.0 Å². The van der Waals surface area contributed by atoms with E-state index in [0.29, 0.717) is 28.6 Å². The molecule has 1 aliphatic heterocycles. The Balaban J connectivity index is 1.07. The van der Waals surface area contributed by atoms with E-state index in [1.54, 1.807) is 36.4 Å². The summed E-state index contributed by atoms with van der Waals surface area (Å²) in [6.45, 7) is 0.935. The number of fused-ring (bicyclic) bond motifs is 2. The molecule has 0 saturated carbocycles. The normalized spacial score (nSPS) is 11.3. The number of phenols is 2. The third kappa shape index (κ3) is 9.86. The zero-order valence-corrected chi connectivity index (χ0v) is 28.5. The van der Waals surface area contributed by atoms with Crippen LogP contribution >= 0.6 is 23.2 Å². The lowest BCUT2D eigenvalue weighted by Gasteiger charge is -2.18. The number of phenolic OH excluding ortho intramolecular Hbond substituents is 2. The van der Waals surface area contributed by atoms with Crippen LogP contribution in [-0.4, -0.2) is 74.1 Å². The Morgan fingerprint density at radius 1 is 0.804 bits per heavy atom. The van der Waals surface area contributed by atoms with Crippen molar-refractivity contribution in [2.75, 3.05) is 46.1 Å². The number of hydrogen-bond donors (Lipinski definition) is 4. The van der Waals surface area contributed by atoms with E-state index in [2.05, 4.69) is 10.6 Å². The van der Waals surface area contributed by atoms with Crippen molar-refractivity contribution in [1.82, 2.24) is 10.6 Å². The van der Waals surface area contributed by atoms with Crippen molar-refractivity contribution < 1.29 is 43.2 Å². The van der Waals surface area contributed by atoms with Gasteiger partial charge in [0.1, 0.15) is 22.8 Å². The van der Waals surface area contributed by atoms with E-state index >= 15 is 0 Å². The van der Waals surface area contributed by atoms with Gasteiger partial charge in [-0.25, -0.2) is 4.79 Å². The Bertz CT molecular complexity index is 2100. The number of carbonyl (C=O) groups is 3. The number of amides is 2. The highest BCUT2D eigenvalue weighted by molar-refractivity contribution is 6.33. The van der Waals surface area contributed by atoms with Crippen molar-refractivity contribution in [3.63, 3.8) is 0 Å². The van der Waals surface area contributed by atoms with Crippen LogP contribution in [-0.2, 0) is 23.8 Å². The Hall–Kier alpha value is -5.40. The van der Waals surface area contributed by atoms with Gasteiger partial charge < -0.3 is 39.5 Å². The average molecular weight is 736 g/mol. The number of hydrogen-bond acceptors (Lipinski definition) is 10. The summed E-state index contributed by atoms with van der Waals surface area (Å²) < 4.78 is 22.1. The molecule has 12 nitrogen and oxygen atoms in total. The quantitative estimate of drug-likeness (QED) is 0.0471. The van der Waals surface area contributed by atoms with Gasteiger partial charge in [-0.05, 0) is 47.5 Å². The molecule has 5 rings (SSSR count). The van der Waals surface area contributed by atoms with Crippen LogP contribution in [0.4, 0.5) is 0 Å². The highest BCUT2D eigenvalue weighted by atomic mass is 35.5. The smallest absolute Gasteiger partial charge is 0.339 e. The molecule has 0 atom stereocenters. The molecule has 3 aromatic carbocycles. The topological polar surface area (TPSA) is 174 Å². The van der Waals surface area contributed by atoms with Gasteiger partial charge in [-0.2, -0.15) is 0 Å². The highest BCUT2D eigenvalue weighted by Crippen LogP contribution is 2.44. The van der Waals surface area contributed by atoms with Gasteiger partial charge in [0.25, 0.3) is 5.91 Å². The summed E-state index contributed by atoms with van der Waals surface area (Å²) in [5.41, 5.74) is 1.91. The molecule has 0 unspecified atom stereocenters. The summed E-state index contributed by atoms with van der Waals surface area (Å²) in [6.07, 6.45) is 3.02. The number of benzene rings is 4. The molecule has 2 aliphatic rings. The van der Waals surface area contributed by atoms with Crippen LogP contribution in [0.15, 0.2) is 88.1 Å². The van der Waals surface area contributed by atoms with Crippen molar-refractivity contribution in [3.05, 3.63) is 110 Å². The number of aromatic hydroxyl groups is 2. The third-order valence-corrected chi connectivity index (χ3v) is 8.00. The maximum Gasteiger partial charge on any atom is 0.339 e. The number of ether oxygens (including phenoxy) is 3. The molecule has 264 valence electrons. The molecule has 51 heavy (non-hydrogen) atoms. The Labute approximate surface area is 301 Å². The van der Waals surface area contributed by atoms with Crippen LogP contribution < -0.4 is 16.1 Å². The average Bonchev–Trinajstić information content (AvgIpc) is 3.11. The van der Waals surface area contributed by atoms with Crippen LogP contribution in [0, 0.1) is 0 Å². The van der Waals surface area contributed by atoms with Crippen molar-refractivity contribution in [3.8, 4) is 33.9 Å². The first-order chi connectivity index (χ1) is 24.6. The van der Waals surface area contributed by atoms with Crippen LogP contribution in [0.3, 0.4) is 0 Å². The predicted octanol–water partition coefficient (Wildman–Crippen LogP) is 5.42. The van der Waals surface area contributed by atoms with Gasteiger partial charge in [0.2, 0.25) is 11.3 Å². The fraction of sp³-hybridized carbons (Fsp3) is 0.189. The van der Waals surface area contributed by atoms with Gasteiger partial charge in [-0.15, -0.1) is 0 Å². The maximum atomic E-state index is 13.3. The molecule has 0 spiro atoms. The lowest BCUT2D eigenvalue weighted by atomic mass is 9.91. The van der Waals surface area contributed by atoms with Gasteiger partial charge in [0.15, 0.2) is 6.61 Å². The molecular weight excluding hydrogens is 703 g/mol. The zero-order chi connectivity index (χ0) is 36.3. The van der Waals surface area contributed by atoms with Crippen molar-refractivity contribution in [2.45, 2.75) is 0 Å². The minimum absolute atomic E-state index is 0.0381. The first-order valence-corrected chi connectivity index (χ1v) is 16.4. The third-order valence-electron chi connectivity index (χ3n) is 7.40. The maximum absolute atomic E-state index is 13.3. The lowest BCUT2D eigenvalue weighted by molar-refractivity contribution is -0.124. The fourth-order valence-corrected chi connectivity index (χ4v) is 5.30. The summed E-state index contributed by atoms with van der Waals surface area (Å²) in [7, 11) is 0. The lowest BCUT2D eigenvalue weighted by Crippen LogP contribution is -2.32. The summed E-state index contributed by atoms with van der Waals surface area (Å²) in [5, 5.41) is 25.2. The highest BCUT2D eigenvalue weighted by Gasteiger charge is 2.24. The van der Waals surface area contributed by atoms with E-state index in [1.807, 2.05) is 0 Å². The van der Waals surface area contributed by atoms with Gasteiger partial charge >= 0.3 is 5.97 Å². The van der Waals surface area contributed by atoms with E-state index in [9.17, 15) is 29.4 Å². The van der Waals surface area contributed by atoms with Gasteiger partial charge in [-0.3, -0.25) is 14.4 Å². The molecule has 0 fully saturated rings. The summed E-state index contributed by atoms with van der Waals surface area (Å²) in [4.78, 5) is 49.9. The standard InChI is InChI=1S/C37H32Cl2N2O10/c38-28-17-26-32(19-30(28)43)51-33-20-31(44)29(39)18-27(33)36(26)24-3-1-2-4-25(24)37(47)50-21-35(46)41-12-14-49-16-15-48-13-11-40-34(45)10-7-22-5-8-23(42)9-6-22/h1-10,17-20,42-43H,11-16,21H2,(H,40,45)(H,41,46)/b10-7+. The molecule has 14 heteroatoms. The molecule has 4 N–H and O–H groups in total. The fourth-order valence-electron chi connectivity index (χ4n) is 4.98. The van der Waals surface area contributed by atoms with Crippen molar-refractivity contribution in [2.24, 2.45) is 0 Å². The number of esters is 1. The van der Waals surface area contributed by atoms with Crippen molar-refractivity contribution >= 4 is 58.0 Å². The molecule has 1 heterocycles. The van der Waals surface area contributed by atoms with E-state index in [-0.39, 0.29) is 77.3 Å². The second kappa shape index (κ2) is 17.5. The minimum atomic E-state index is -0.780. The Morgan fingerprint density at radius 3 is 2.25 bits per heavy atom. The molecule has 1 aliphatic carbocycles. The van der Waals surface area contributed by atoms with Crippen molar-refractivity contribution in [1.29, 1.82) is 0 Å². The van der Waals surface area contributed by atoms with Crippen LogP contribution in [0.1, 0.15) is 15.9 Å². The monoisotopic (exact) mass is 734 g/mol. The van der Waals surface area contributed by atoms with E-state index in [0.717, 1.165) is 5.56 Å². The molecular formula is C37H32Cl2N2O10. The predicted molar refractivity (Wildman–Crippen MR) is 191 cm³/mol. The molecule has 0 aromatic heterocycles. The zero-order valence-electron chi connectivity index (χ0n) is 26.9. The van der Waals surface area contributed by atoms with Crippen LogP contribution in [0.25, 0.3) is 39.5 Å². The summed E-state index contributed by atoms with van der Waals surface area (Å²) in [6, 6.07) is 18.4. The Kier molecular flexibility index (Phi) is 12.7. The molecule has 0 bridgehead atoms. The van der Waals surface area contributed by atoms with Crippen LogP contribution in [0.2, 0.25) is 10.0 Å². The molecule has 2 amide bonds. The van der Waals surface area contributed by atoms with Crippen LogP contribution in [0.5, 0.6) is 11.5 Å². The van der Waals surface area contributed by atoms with Gasteiger partial charge in [0, 0.05) is 47.8 Å². The minimum Gasteiger partial charge on any atom is -0.508 e. The largest absolute Gasteiger partial charge is 0.508 e. The van der Waals surface area contributed by atoms with E-state index in [1.165, 1.54) is 48.5 Å². The summed E-state index contributed by atoms with van der Waals surface area (Å²) >= 11 is 12.4. The molecule has 3 aromatic rings.